The first kappa shape index (κ1) is 13.6. The standard InChI is InChI=1S/C16H17N3O2/c1-11(2)12-3-5-13(6-4-12)19-16(17-10-18-19)15-8-7-14(9-20)21-15/h3-8,10-11,20H,9H2,1-2H3. The molecule has 0 atom stereocenters. The number of aliphatic hydroxyl groups excluding tert-OH is 1. The van der Waals surface area contributed by atoms with E-state index in [9.17, 15) is 0 Å². The maximum absolute atomic E-state index is 9.08. The van der Waals surface area contributed by atoms with Crippen molar-refractivity contribution in [3.8, 4) is 17.3 Å². The topological polar surface area (TPSA) is 64.1 Å². The van der Waals surface area contributed by atoms with E-state index in [1.807, 2.05) is 12.1 Å². The molecule has 0 radical (unpaired) electrons. The van der Waals surface area contributed by atoms with Crippen LogP contribution < -0.4 is 0 Å². The lowest BCUT2D eigenvalue weighted by molar-refractivity contribution is 0.248. The van der Waals surface area contributed by atoms with E-state index in [-0.39, 0.29) is 6.61 Å². The van der Waals surface area contributed by atoms with Gasteiger partial charge in [0.25, 0.3) is 0 Å². The van der Waals surface area contributed by atoms with Crippen LogP contribution in [-0.4, -0.2) is 19.9 Å². The quantitative estimate of drug-likeness (QED) is 0.799. The molecule has 3 aromatic rings. The molecule has 0 saturated heterocycles. The Labute approximate surface area is 122 Å². The number of aromatic nitrogens is 3. The maximum atomic E-state index is 9.08. The van der Waals surface area contributed by atoms with E-state index >= 15 is 0 Å². The van der Waals surface area contributed by atoms with Crippen LogP contribution in [0.1, 0.15) is 31.1 Å². The van der Waals surface area contributed by atoms with Gasteiger partial charge in [-0.2, -0.15) is 5.10 Å². The van der Waals surface area contributed by atoms with Crippen molar-refractivity contribution >= 4 is 0 Å². The van der Waals surface area contributed by atoms with Gasteiger partial charge in [0, 0.05) is 0 Å². The number of furan rings is 1. The molecule has 2 heterocycles. The largest absolute Gasteiger partial charge is 0.455 e. The van der Waals surface area contributed by atoms with Crippen LogP contribution in [0, 0.1) is 0 Å². The van der Waals surface area contributed by atoms with Crippen molar-refractivity contribution in [1.29, 1.82) is 0 Å². The monoisotopic (exact) mass is 283 g/mol. The highest BCUT2D eigenvalue weighted by atomic mass is 16.4. The third-order valence-electron chi connectivity index (χ3n) is 3.39. The SMILES string of the molecule is CC(C)c1ccc(-n2ncnc2-c2ccc(CO)o2)cc1. The minimum atomic E-state index is -0.128. The van der Waals surface area contributed by atoms with Crippen LogP contribution >= 0.6 is 0 Å². The number of nitrogens with zero attached hydrogens (tertiary/aromatic N) is 3. The van der Waals surface area contributed by atoms with Crippen molar-refractivity contribution in [2.45, 2.75) is 26.4 Å². The fraction of sp³-hybridized carbons (Fsp3) is 0.250. The fourth-order valence-corrected chi connectivity index (χ4v) is 2.18. The molecule has 108 valence electrons. The predicted molar refractivity (Wildman–Crippen MR) is 79.1 cm³/mol. The summed E-state index contributed by atoms with van der Waals surface area (Å²) >= 11 is 0. The highest BCUT2D eigenvalue weighted by Gasteiger charge is 2.13. The molecule has 0 bridgehead atoms. The molecular weight excluding hydrogens is 266 g/mol. The molecule has 0 aliphatic rings. The van der Waals surface area contributed by atoms with Gasteiger partial charge >= 0.3 is 0 Å². The van der Waals surface area contributed by atoms with Crippen molar-refractivity contribution in [2.24, 2.45) is 0 Å². The van der Waals surface area contributed by atoms with E-state index in [0.717, 1.165) is 5.69 Å². The molecule has 0 unspecified atom stereocenters. The van der Waals surface area contributed by atoms with Crippen LogP contribution in [0.15, 0.2) is 47.1 Å². The Bertz CT molecular complexity index is 726. The lowest BCUT2D eigenvalue weighted by Gasteiger charge is -2.08. The van der Waals surface area contributed by atoms with Crippen molar-refractivity contribution < 1.29 is 9.52 Å². The van der Waals surface area contributed by atoms with Gasteiger partial charge in [-0.05, 0) is 35.7 Å². The third kappa shape index (κ3) is 2.60. The van der Waals surface area contributed by atoms with Crippen LogP contribution in [0.5, 0.6) is 0 Å². The van der Waals surface area contributed by atoms with Crippen LogP contribution in [-0.2, 0) is 6.61 Å². The average molecular weight is 283 g/mol. The number of hydrogen-bond donors (Lipinski definition) is 1. The molecule has 0 aliphatic carbocycles. The molecule has 2 aromatic heterocycles. The molecule has 3 rings (SSSR count). The Morgan fingerprint density at radius 1 is 1.14 bits per heavy atom. The van der Waals surface area contributed by atoms with Gasteiger partial charge in [-0.1, -0.05) is 26.0 Å². The summed E-state index contributed by atoms with van der Waals surface area (Å²) in [6.45, 7) is 4.20. The predicted octanol–water partition coefficient (Wildman–Crippen LogP) is 3.14. The molecular formula is C16H17N3O2. The molecule has 21 heavy (non-hydrogen) atoms. The van der Waals surface area contributed by atoms with E-state index in [1.54, 1.807) is 16.8 Å². The van der Waals surface area contributed by atoms with Crippen molar-refractivity contribution in [1.82, 2.24) is 14.8 Å². The Balaban J connectivity index is 1.98. The zero-order chi connectivity index (χ0) is 14.8. The lowest BCUT2D eigenvalue weighted by atomic mass is 10.0. The van der Waals surface area contributed by atoms with Gasteiger partial charge in [0.05, 0.1) is 5.69 Å². The minimum Gasteiger partial charge on any atom is -0.455 e. The van der Waals surface area contributed by atoms with E-state index in [4.69, 9.17) is 9.52 Å². The summed E-state index contributed by atoms with van der Waals surface area (Å²) < 4.78 is 7.25. The molecule has 1 aromatic carbocycles. The molecule has 0 saturated carbocycles. The second kappa shape index (κ2) is 5.54. The summed E-state index contributed by atoms with van der Waals surface area (Å²) in [4.78, 5) is 4.24. The van der Waals surface area contributed by atoms with Gasteiger partial charge in [0.15, 0.2) is 11.6 Å². The average Bonchev–Trinajstić information content (AvgIpc) is 3.15. The first-order chi connectivity index (χ1) is 10.2. The molecule has 0 spiro atoms. The van der Waals surface area contributed by atoms with E-state index in [2.05, 4.69) is 36.1 Å². The summed E-state index contributed by atoms with van der Waals surface area (Å²) in [5.41, 5.74) is 2.20. The van der Waals surface area contributed by atoms with Gasteiger partial charge in [-0.15, -0.1) is 0 Å². The lowest BCUT2D eigenvalue weighted by Crippen LogP contribution is -1.99. The van der Waals surface area contributed by atoms with Crippen LogP contribution in [0.3, 0.4) is 0 Å². The Morgan fingerprint density at radius 2 is 1.90 bits per heavy atom. The summed E-state index contributed by atoms with van der Waals surface area (Å²) in [6, 6.07) is 11.7. The summed E-state index contributed by atoms with van der Waals surface area (Å²) in [7, 11) is 0. The van der Waals surface area contributed by atoms with Crippen LogP contribution in [0.2, 0.25) is 0 Å². The molecule has 1 N–H and O–H groups in total. The summed E-state index contributed by atoms with van der Waals surface area (Å²) in [5.74, 6) is 2.21. The Kier molecular flexibility index (Phi) is 3.58. The zero-order valence-electron chi connectivity index (χ0n) is 12.0. The molecule has 0 fully saturated rings. The first-order valence-electron chi connectivity index (χ1n) is 6.89. The smallest absolute Gasteiger partial charge is 0.199 e. The second-order valence-electron chi connectivity index (χ2n) is 5.17. The van der Waals surface area contributed by atoms with Gasteiger partial charge < -0.3 is 9.52 Å². The zero-order valence-corrected chi connectivity index (χ0v) is 12.0. The first-order valence-corrected chi connectivity index (χ1v) is 6.89. The van der Waals surface area contributed by atoms with Crippen molar-refractivity contribution in [3.63, 3.8) is 0 Å². The molecule has 5 heteroatoms. The summed E-state index contributed by atoms with van der Waals surface area (Å²) in [6.07, 6.45) is 1.49. The number of aliphatic hydroxyl groups is 1. The third-order valence-corrected chi connectivity index (χ3v) is 3.39. The number of hydrogen-bond acceptors (Lipinski definition) is 4. The Morgan fingerprint density at radius 3 is 2.52 bits per heavy atom. The van der Waals surface area contributed by atoms with Gasteiger partial charge in [0.1, 0.15) is 18.7 Å². The molecule has 0 aliphatic heterocycles. The highest BCUT2D eigenvalue weighted by Crippen LogP contribution is 2.23. The van der Waals surface area contributed by atoms with E-state index in [0.29, 0.717) is 23.3 Å². The number of benzene rings is 1. The second-order valence-corrected chi connectivity index (χ2v) is 5.17. The fourth-order valence-electron chi connectivity index (χ4n) is 2.18. The highest BCUT2D eigenvalue weighted by molar-refractivity contribution is 5.51. The molecule has 0 amide bonds. The van der Waals surface area contributed by atoms with E-state index in [1.165, 1.54) is 11.9 Å². The van der Waals surface area contributed by atoms with Crippen molar-refractivity contribution in [2.75, 3.05) is 0 Å². The van der Waals surface area contributed by atoms with E-state index < -0.39 is 0 Å². The van der Waals surface area contributed by atoms with Crippen LogP contribution in [0.25, 0.3) is 17.3 Å². The number of rotatable bonds is 4. The van der Waals surface area contributed by atoms with Gasteiger partial charge in [0.2, 0.25) is 0 Å². The molecule has 5 nitrogen and oxygen atoms in total. The minimum absolute atomic E-state index is 0.128. The Hall–Kier alpha value is -2.40. The maximum Gasteiger partial charge on any atom is 0.199 e. The van der Waals surface area contributed by atoms with Crippen molar-refractivity contribution in [3.05, 3.63) is 54.0 Å². The normalized spacial score (nSPS) is 11.2. The van der Waals surface area contributed by atoms with Crippen LogP contribution in [0.4, 0.5) is 0 Å². The summed E-state index contributed by atoms with van der Waals surface area (Å²) in [5, 5.41) is 13.3. The van der Waals surface area contributed by atoms with Gasteiger partial charge in [-0.3, -0.25) is 0 Å². The van der Waals surface area contributed by atoms with Gasteiger partial charge in [-0.25, -0.2) is 9.67 Å².